The predicted octanol–water partition coefficient (Wildman–Crippen LogP) is 3.08. The second-order valence-corrected chi connectivity index (χ2v) is 8.70. The molecular formula is C23H26ClN5O3. The first-order valence-electron chi connectivity index (χ1n) is 10.9. The van der Waals surface area contributed by atoms with Crippen LogP contribution in [0.15, 0.2) is 30.6 Å². The number of hydrogen-bond acceptors (Lipinski definition) is 7. The Labute approximate surface area is 192 Å². The SMILES string of the molecule is N#Cc1ccc(O[C@H]2CC[C@H](NC(=O)c3cnc(N4CCC(O)CC4)cn3)CC2)cc1Cl. The number of piperidine rings is 1. The van der Waals surface area contributed by atoms with Gasteiger partial charge >= 0.3 is 0 Å². The van der Waals surface area contributed by atoms with Crippen molar-refractivity contribution in [1.29, 1.82) is 5.26 Å². The fraction of sp³-hybridized carbons (Fsp3) is 0.478. The molecular weight excluding hydrogens is 430 g/mol. The number of aliphatic hydroxyl groups excluding tert-OH is 1. The summed E-state index contributed by atoms with van der Waals surface area (Å²) in [5.74, 6) is 1.16. The van der Waals surface area contributed by atoms with Gasteiger partial charge in [0.25, 0.3) is 5.91 Å². The third kappa shape index (κ3) is 5.47. The van der Waals surface area contributed by atoms with Gasteiger partial charge in [-0.2, -0.15) is 5.26 Å². The molecule has 8 nitrogen and oxygen atoms in total. The highest BCUT2D eigenvalue weighted by Gasteiger charge is 2.25. The van der Waals surface area contributed by atoms with Crippen LogP contribution in [0.3, 0.4) is 0 Å². The summed E-state index contributed by atoms with van der Waals surface area (Å²) in [6.45, 7) is 1.47. The number of nitrogens with zero attached hydrogens (tertiary/aromatic N) is 4. The molecule has 1 aromatic heterocycles. The second-order valence-electron chi connectivity index (χ2n) is 8.30. The van der Waals surface area contributed by atoms with Crippen molar-refractivity contribution in [2.45, 2.75) is 56.8 Å². The van der Waals surface area contributed by atoms with Gasteiger partial charge in [0.2, 0.25) is 0 Å². The topological polar surface area (TPSA) is 111 Å². The van der Waals surface area contributed by atoms with Crippen LogP contribution in [0.4, 0.5) is 5.82 Å². The third-order valence-electron chi connectivity index (χ3n) is 6.03. The van der Waals surface area contributed by atoms with Gasteiger partial charge in [-0.05, 0) is 50.7 Å². The van der Waals surface area contributed by atoms with Gasteiger partial charge in [-0.15, -0.1) is 0 Å². The molecule has 2 aromatic rings. The van der Waals surface area contributed by atoms with E-state index in [9.17, 15) is 9.90 Å². The molecule has 0 spiro atoms. The van der Waals surface area contributed by atoms with Gasteiger partial charge in [0.1, 0.15) is 23.3 Å². The molecule has 9 heteroatoms. The van der Waals surface area contributed by atoms with Crippen molar-refractivity contribution < 1.29 is 14.6 Å². The van der Waals surface area contributed by atoms with Gasteiger partial charge in [-0.3, -0.25) is 4.79 Å². The Balaban J connectivity index is 1.24. The van der Waals surface area contributed by atoms with Crippen molar-refractivity contribution in [3.05, 3.63) is 46.9 Å². The van der Waals surface area contributed by atoms with E-state index >= 15 is 0 Å². The number of nitriles is 1. The summed E-state index contributed by atoms with van der Waals surface area (Å²) >= 11 is 6.07. The van der Waals surface area contributed by atoms with Crippen molar-refractivity contribution in [1.82, 2.24) is 15.3 Å². The van der Waals surface area contributed by atoms with E-state index in [4.69, 9.17) is 21.6 Å². The quantitative estimate of drug-likeness (QED) is 0.712. The lowest BCUT2D eigenvalue weighted by atomic mass is 9.93. The molecule has 1 amide bonds. The summed E-state index contributed by atoms with van der Waals surface area (Å²) in [4.78, 5) is 23.3. The fourth-order valence-corrected chi connectivity index (χ4v) is 4.35. The molecule has 2 fully saturated rings. The zero-order valence-corrected chi connectivity index (χ0v) is 18.5. The summed E-state index contributed by atoms with van der Waals surface area (Å²) < 4.78 is 6.00. The van der Waals surface area contributed by atoms with E-state index in [2.05, 4.69) is 20.2 Å². The van der Waals surface area contributed by atoms with E-state index in [1.807, 2.05) is 6.07 Å². The van der Waals surface area contributed by atoms with Crippen LogP contribution < -0.4 is 15.0 Å². The lowest BCUT2D eigenvalue weighted by molar-refractivity contribution is 0.0888. The number of anilines is 1. The molecule has 0 unspecified atom stereocenters. The van der Waals surface area contributed by atoms with Crippen LogP contribution >= 0.6 is 11.6 Å². The number of carbonyl (C=O) groups excluding carboxylic acids is 1. The van der Waals surface area contributed by atoms with Crippen LogP contribution in [0.5, 0.6) is 5.75 Å². The van der Waals surface area contributed by atoms with Gasteiger partial charge in [0.15, 0.2) is 0 Å². The molecule has 2 N–H and O–H groups in total. The van der Waals surface area contributed by atoms with Gasteiger partial charge < -0.3 is 20.1 Å². The van der Waals surface area contributed by atoms with Crippen LogP contribution in [0.1, 0.15) is 54.6 Å². The van der Waals surface area contributed by atoms with E-state index in [1.54, 1.807) is 24.4 Å². The van der Waals surface area contributed by atoms with E-state index in [1.165, 1.54) is 6.20 Å². The number of amides is 1. The molecule has 0 atom stereocenters. The van der Waals surface area contributed by atoms with Gasteiger partial charge in [-0.25, -0.2) is 9.97 Å². The molecule has 0 bridgehead atoms. The summed E-state index contributed by atoms with van der Waals surface area (Å²) in [6.07, 6.45) is 7.62. The lowest BCUT2D eigenvalue weighted by Gasteiger charge is -2.30. The molecule has 1 aliphatic carbocycles. The minimum absolute atomic E-state index is 0.0503. The second kappa shape index (κ2) is 10.2. The Kier molecular flexibility index (Phi) is 7.08. The summed E-state index contributed by atoms with van der Waals surface area (Å²) in [5, 5.41) is 22.0. The first-order valence-corrected chi connectivity index (χ1v) is 11.3. The van der Waals surface area contributed by atoms with Crippen molar-refractivity contribution in [2.75, 3.05) is 18.0 Å². The summed E-state index contributed by atoms with van der Waals surface area (Å²) in [6, 6.07) is 7.19. The Morgan fingerprint density at radius 1 is 1.16 bits per heavy atom. The van der Waals surface area contributed by atoms with Crippen molar-refractivity contribution in [3.8, 4) is 11.8 Å². The number of aromatic nitrogens is 2. The first kappa shape index (κ1) is 22.3. The smallest absolute Gasteiger partial charge is 0.271 e. The van der Waals surface area contributed by atoms with Gasteiger partial charge in [-0.1, -0.05) is 11.6 Å². The molecule has 1 saturated carbocycles. The number of carbonyl (C=O) groups is 1. The minimum atomic E-state index is -0.244. The monoisotopic (exact) mass is 455 g/mol. The lowest BCUT2D eigenvalue weighted by Crippen LogP contribution is -2.40. The largest absolute Gasteiger partial charge is 0.490 e. The Hall–Kier alpha value is -2.89. The maximum absolute atomic E-state index is 12.6. The van der Waals surface area contributed by atoms with Crippen molar-refractivity contribution in [2.24, 2.45) is 0 Å². The number of nitrogens with one attached hydrogen (secondary N) is 1. The molecule has 32 heavy (non-hydrogen) atoms. The van der Waals surface area contributed by atoms with Crippen LogP contribution in [0.2, 0.25) is 5.02 Å². The van der Waals surface area contributed by atoms with Crippen molar-refractivity contribution in [3.63, 3.8) is 0 Å². The molecule has 2 aliphatic rings. The average molecular weight is 456 g/mol. The number of rotatable bonds is 5. The predicted molar refractivity (Wildman–Crippen MR) is 120 cm³/mol. The van der Waals surface area contributed by atoms with Gasteiger partial charge in [0.05, 0.1) is 35.2 Å². The van der Waals surface area contributed by atoms with E-state index in [0.717, 1.165) is 44.6 Å². The Morgan fingerprint density at radius 3 is 2.53 bits per heavy atom. The summed E-state index contributed by atoms with van der Waals surface area (Å²) in [7, 11) is 0. The maximum Gasteiger partial charge on any atom is 0.271 e. The van der Waals surface area contributed by atoms with Crippen LogP contribution in [0, 0.1) is 11.3 Å². The van der Waals surface area contributed by atoms with Crippen molar-refractivity contribution >= 4 is 23.3 Å². The molecule has 1 aromatic carbocycles. The number of aliphatic hydroxyl groups is 1. The number of hydrogen-bond donors (Lipinski definition) is 2. The standard InChI is InChI=1S/C23H26ClN5O3/c24-20-11-19(4-1-15(20)12-25)32-18-5-2-16(3-6-18)28-23(31)21-13-27-22(14-26-21)29-9-7-17(30)8-10-29/h1,4,11,13-14,16-18,30H,2-3,5-10H2,(H,28,31)/t16-,18-. The molecule has 4 rings (SSSR count). The number of ether oxygens (including phenoxy) is 1. The highest BCUT2D eigenvalue weighted by molar-refractivity contribution is 6.31. The van der Waals surface area contributed by atoms with E-state index in [-0.39, 0.29) is 24.2 Å². The van der Waals surface area contributed by atoms with E-state index < -0.39 is 0 Å². The molecule has 1 saturated heterocycles. The highest BCUT2D eigenvalue weighted by Crippen LogP contribution is 2.27. The summed E-state index contributed by atoms with van der Waals surface area (Å²) in [5.41, 5.74) is 0.729. The van der Waals surface area contributed by atoms with Crippen LogP contribution in [-0.4, -0.2) is 52.3 Å². The fourth-order valence-electron chi connectivity index (χ4n) is 4.13. The highest BCUT2D eigenvalue weighted by atomic mass is 35.5. The number of halogens is 1. The molecule has 2 heterocycles. The van der Waals surface area contributed by atoms with E-state index in [0.29, 0.717) is 34.9 Å². The molecule has 168 valence electrons. The molecule has 1 aliphatic heterocycles. The molecule has 0 radical (unpaired) electrons. The Morgan fingerprint density at radius 2 is 1.91 bits per heavy atom. The van der Waals surface area contributed by atoms with Crippen LogP contribution in [0.25, 0.3) is 0 Å². The minimum Gasteiger partial charge on any atom is -0.490 e. The average Bonchev–Trinajstić information content (AvgIpc) is 2.81. The van der Waals surface area contributed by atoms with Gasteiger partial charge in [0, 0.05) is 25.2 Å². The first-order chi connectivity index (χ1) is 15.5. The zero-order chi connectivity index (χ0) is 22.5. The normalized spacial score (nSPS) is 21.6. The Bertz CT molecular complexity index is 978. The zero-order valence-electron chi connectivity index (χ0n) is 17.7. The maximum atomic E-state index is 12.6. The third-order valence-corrected chi connectivity index (χ3v) is 6.35. The van der Waals surface area contributed by atoms with Crippen LogP contribution in [-0.2, 0) is 0 Å². The number of benzene rings is 1.